The number of amides is 2. The summed E-state index contributed by atoms with van der Waals surface area (Å²) in [7, 11) is 1.00. The molecule has 49 heavy (non-hydrogen) atoms. The average Bonchev–Trinajstić information content (AvgIpc) is 3.60. The molecule has 6 nitrogen and oxygen atoms in total. The van der Waals surface area contributed by atoms with Crippen molar-refractivity contribution in [3.63, 3.8) is 0 Å². The van der Waals surface area contributed by atoms with E-state index >= 15 is 26.3 Å². The second-order valence-electron chi connectivity index (χ2n) is 13.6. The van der Waals surface area contributed by atoms with Gasteiger partial charge in [0.1, 0.15) is 0 Å². The number of aryl methyl sites for hydroxylation is 1. The second-order valence-corrected chi connectivity index (χ2v) is 28.0. The first-order valence-electron chi connectivity index (χ1n) is 17.8. The van der Waals surface area contributed by atoms with Crippen molar-refractivity contribution in [1.29, 1.82) is 0 Å². The summed E-state index contributed by atoms with van der Waals surface area (Å²) in [5, 5.41) is 6.12. The van der Waals surface area contributed by atoms with Crippen molar-refractivity contribution in [2.75, 3.05) is 19.7 Å². The quantitative estimate of drug-likeness (QED) is 0.0402. The van der Waals surface area contributed by atoms with Gasteiger partial charge in [-0.1, -0.05) is 0 Å². The first-order valence-corrected chi connectivity index (χ1v) is 26.3. The zero-order chi connectivity index (χ0) is 36.3. The number of nitrogens with one attached hydrogen (secondary N) is 2. The Kier molecular flexibility index (Phi) is 16.4. The molecule has 0 bridgehead atoms. The van der Waals surface area contributed by atoms with E-state index in [0.717, 1.165) is 70.3 Å². The van der Waals surface area contributed by atoms with Crippen LogP contribution in [-0.2, 0) is 26.3 Å². The molecule has 2 aliphatic heterocycles. The molecule has 2 heterocycles. The van der Waals surface area contributed by atoms with E-state index in [1.54, 1.807) is 17.8 Å². The Labute approximate surface area is 295 Å². The Morgan fingerprint density at radius 3 is 2.06 bits per heavy atom. The van der Waals surface area contributed by atoms with Gasteiger partial charge in [0, 0.05) is 5.75 Å². The summed E-state index contributed by atoms with van der Waals surface area (Å²) in [6, 6.07) is 4.27. The number of rotatable bonds is 22. The number of hydrogen-bond donors (Lipinski definition) is 2. The number of thioether (sulfide) groups is 1. The number of fused-ring (bicyclic) bond motifs is 1. The molecule has 1 aromatic rings. The van der Waals surface area contributed by atoms with Crippen LogP contribution in [0.25, 0.3) is 0 Å². The fourth-order valence-corrected chi connectivity index (χ4v) is 25.8. The molecule has 2 amide bonds. The molecule has 0 aromatic heterocycles. The third kappa shape index (κ3) is 10.5. The molecule has 2 fully saturated rings. The van der Waals surface area contributed by atoms with Crippen molar-refractivity contribution in [2.24, 2.45) is 0 Å². The van der Waals surface area contributed by atoms with Crippen LogP contribution in [0.2, 0.25) is 13.3 Å². The van der Waals surface area contributed by atoms with E-state index in [-0.39, 0.29) is 57.6 Å². The summed E-state index contributed by atoms with van der Waals surface area (Å²) >= 11 is -2.14. The number of ketones is 1. The number of urea groups is 1. The van der Waals surface area contributed by atoms with Gasteiger partial charge in [-0.3, -0.25) is 0 Å². The summed E-state index contributed by atoms with van der Waals surface area (Å²) < 4.78 is 102. The molecule has 2 saturated heterocycles. The Bertz CT molecular complexity index is 1180. The molecular weight excluding hydrogens is 777 g/mol. The van der Waals surface area contributed by atoms with Gasteiger partial charge in [-0.2, -0.15) is 11.8 Å². The van der Waals surface area contributed by atoms with Gasteiger partial charge in [-0.05, 0) is 0 Å². The van der Waals surface area contributed by atoms with Crippen LogP contribution in [0.1, 0.15) is 103 Å². The van der Waals surface area contributed by atoms with Gasteiger partial charge in [0.05, 0.1) is 12.1 Å². The van der Waals surface area contributed by atoms with Crippen molar-refractivity contribution in [3.8, 4) is 0 Å². The van der Waals surface area contributed by atoms with Crippen molar-refractivity contribution >= 4 is 45.5 Å². The predicted molar refractivity (Wildman–Crippen MR) is 185 cm³/mol. The molecule has 14 heteroatoms. The van der Waals surface area contributed by atoms with E-state index in [4.69, 9.17) is 4.74 Å². The van der Waals surface area contributed by atoms with Gasteiger partial charge in [-0.25, -0.2) is 4.79 Å². The molecule has 3 rings (SSSR count). The molecule has 0 radical (unpaired) electrons. The third-order valence-electron chi connectivity index (χ3n) is 10.1. The van der Waals surface area contributed by atoms with Crippen LogP contribution in [0.4, 0.5) is 31.1 Å². The number of hydrogen-bond acceptors (Lipinski definition) is 5. The van der Waals surface area contributed by atoms with Crippen molar-refractivity contribution in [2.45, 2.75) is 146 Å². The molecule has 0 unspecified atom stereocenters. The van der Waals surface area contributed by atoms with Gasteiger partial charge in [-0.15, -0.1) is 0 Å². The van der Waals surface area contributed by atoms with Crippen LogP contribution in [0.5, 0.6) is 0 Å². The molecule has 0 aliphatic carbocycles. The topological polar surface area (TPSA) is 76.7 Å². The summed E-state index contributed by atoms with van der Waals surface area (Å²) in [4.78, 5) is 24.5. The van der Waals surface area contributed by atoms with Crippen LogP contribution >= 0.6 is 11.8 Å². The van der Waals surface area contributed by atoms with Gasteiger partial charge in [0.25, 0.3) is 0 Å². The maximum atomic E-state index is 15.1. The van der Waals surface area contributed by atoms with Gasteiger partial charge in [0.2, 0.25) is 0 Å². The average molecular weight is 832 g/mol. The van der Waals surface area contributed by atoms with Crippen LogP contribution in [0, 0.1) is 0 Å². The number of methoxy groups -OCH3 is 1. The zero-order valence-corrected chi connectivity index (χ0v) is 33.0. The Morgan fingerprint density at radius 1 is 0.898 bits per heavy atom. The molecule has 2 N–H and O–H groups in total. The fraction of sp³-hybridized carbons (Fsp3) is 0.771. The number of alkyl halides is 6. The van der Waals surface area contributed by atoms with Crippen molar-refractivity contribution in [3.05, 3.63) is 29.3 Å². The molecule has 3 atom stereocenters. The third-order valence-corrected chi connectivity index (χ3v) is 27.3. The number of benzene rings is 1. The summed E-state index contributed by atoms with van der Waals surface area (Å²) in [6.45, 7) is 4.78. The second kappa shape index (κ2) is 19.0. The number of unbranched alkanes of at least 4 members (excludes halogenated alkanes) is 4. The Hall–Kier alpha value is -1.19. The first-order chi connectivity index (χ1) is 23.2. The van der Waals surface area contributed by atoms with E-state index in [0.29, 0.717) is 19.7 Å². The van der Waals surface area contributed by atoms with E-state index in [1.165, 1.54) is 6.07 Å². The number of halogens is 6. The van der Waals surface area contributed by atoms with Gasteiger partial charge >= 0.3 is 252 Å². The van der Waals surface area contributed by atoms with Gasteiger partial charge < -0.3 is 10.6 Å². The first kappa shape index (κ1) is 42.2. The molecule has 280 valence electrons. The number of carbonyl (C=O) groups excluding carboxylic acids is 2. The summed E-state index contributed by atoms with van der Waals surface area (Å²) in [6.07, 6.45) is -4.45. The SMILES string of the molecule is CCC[CH2][Sn]([CH2]CCC)([CH2]CCC)[c]1ccc(CCC(=O)CCCC[C@@H]2SC[C@@H]3NC(=O)N[C@@H]32)cc1C(OCOC)(C(F)(F)F)C(F)(F)F. The monoisotopic (exact) mass is 832 g/mol. The van der Waals surface area contributed by atoms with E-state index in [2.05, 4.69) is 15.4 Å². The van der Waals surface area contributed by atoms with Crippen molar-refractivity contribution < 1.29 is 45.4 Å². The summed E-state index contributed by atoms with van der Waals surface area (Å²) in [5.41, 5.74) is -5.16. The van der Waals surface area contributed by atoms with Crippen LogP contribution in [0.3, 0.4) is 0 Å². The minimum absolute atomic E-state index is 0.0154. The number of Topliss-reactive ketones (excluding diaryl/α,β-unsaturated/α-hetero) is 1. The number of carbonyl (C=O) groups is 2. The van der Waals surface area contributed by atoms with Crippen LogP contribution in [0.15, 0.2) is 18.2 Å². The maximum absolute atomic E-state index is 15.1. The normalized spacial score (nSPS) is 20.0. The van der Waals surface area contributed by atoms with Gasteiger partial charge in [0.15, 0.2) is 0 Å². The van der Waals surface area contributed by atoms with E-state index in [9.17, 15) is 9.59 Å². The molecule has 0 saturated carbocycles. The molecule has 2 aliphatic rings. The fourth-order valence-electron chi connectivity index (χ4n) is 7.40. The molecular formula is C35H54F6N2O4SSn. The zero-order valence-electron chi connectivity index (χ0n) is 29.3. The van der Waals surface area contributed by atoms with Crippen molar-refractivity contribution in [1.82, 2.24) is 10.6 Å². The Balaban J connectivity index is 1.93. The molecule has 0 spiro atoms. The minimum atomic E-state index is -5.82. The van der Waals surface area contributed by atoms with Crippen LogP contribution < -0.4 is 14.2 Å². The standard InChI is InChI=1S/C23H27F6N2O4S.3C4H9.Sn/c1-34-13-35-21(22(24,25)26,23(27,28)29)15-6-4-5-14(11-15)9-10-16(32)7-2-3-8-18-19-17(12-36-18)30-20(33)31-19;3*1-3-4-2;/h4-5,11,17-19H,2-3,7-10,12-13H2,1H3,(H2,30,31,33);3*1,3-4H2,2H3;/t17-,18-,19-;;;;/m0..../s1. The Morgan fingerprint density at radius 2 is 1.51 bits per heavy atom. The van der Waals surface area contributed by atoms with Crippen LogP contribution in [-0.4, -0.2) is 79.5 Å². The number of ether oxygens (including phenoxy) is 2. The summed E-state index contributed by atoms with van der Waals surface area (Å²) in [5.74, 6) is 0.754. The predicted octanol–water partition coefficient (Wildman–Crippen LogP) is 8.91. The van der Waals surface area contributed by atoms with E-state index < -0.39 is 48.7 Å². The van der Waals surface area contributed by atoms with E-state index in [1.807, 2.05) is 20.8 Å². The molecule has 1 aromatic carbocycles.